The Morgan fingerprint density at radius 2 is 2.07 bits per heavy atom. The fraction of sp³-hybridized carbons (Fsp3) is 0.389. The molecule has 2 heterocycles. The van der Waals surface area contributed by atoms with Gasteiger partial charge >= 0.3 is 0 Å². The van der Waals surface area contributed by atoms with E-state index in [1.54, 1.807) is 12.3 Å². The molecule has 2 amide bonds. The predicted molar refractivity (Wildman–Crippen MR) is 105 cm³/mol. The third-order valence-corrected chi connectivity index (χ3v) is 6.54. The SMILES string of the molecule is Cc1nc(CC(=O)NS(=O)(=O)c2cc3c(cc2C)NC(=O)C(C(C)C)O3)cs1. The van der Waals surface area contributed by atoms with Gasteiger partial charge < -0.3 is 10.1 Å². The molecule has 1 aliphatic rings. The van der Waals surface area contributed by atoms with Crippen LogP contribution >= 0.6 is 11.3 Å². The number of anilines is 1. The van der Waals surface area contributed by atoms with Gasteiger partial charge in [0.25, 0.3) is 15.9 Å². The molecule has 0 radical (unpaired) electrons. The lowest BCUT2D eigenvalue weighted by atomic mass is 10.0. The number of benzene rings is 1. The summed E-state index contributed by atoms with van der Waals surface area (Å²) >= 11 is 1.39. The smallest absolute Gasteiger partial charge is 0.265 e. The van der Waals surface area contributed by atoms with Gasteiger partial charge in [-0.3, -0.25) is 9.59 Å². The van der Waals surface area contributed by atoms with E-state index in [0.717, 1.165) is 5.01 Å². The van der Waals surface area contributed by atoms with E-state index < -0.39 is 22.0 Å². The monoisotopic (exact) mass is 423 g/mol. The normalized spacial score (nSPS) is 16.3. The molecule has 1 aromatic carbocycles. The van der Waals surface area contributed by atoms with E-state index in [1.807, 2.05) is 20.8 Å². The minimum Gasteiger partial charge on any atom is -0.478 e. The van der Waals surface area contributed by atoms with Crippen LogP contribution < -0.4 is 14.8 Å². The molecule has 0 aliphatic carbocycles. The van der Waals surface area contributed by atoms with Gasteiger partial charge in [-0.25, -0.2) is 18.1 Å². The quantitative estimate of drug-likeness (QED) is 0.762. The topological polar surface area (TPSA) is 114 Å². The lowest BCUT2D eigenvalue weighted by Gasteiger charge is -2.29. The molecule has 3 rings (SSSR count). The van der Waals surface area contributed by atoms with Crippen molar-refractivity contribution in [1.29, 1.82) is 0 Å². The van der Waals surface area contributed by atoms with E-state index in [0.29, 0.717) is 16.9 Å². The summed E-state index contributed by atoms with van der Waals surface area (Å²) in [5.41, 5.74) is 1.31. The highest BCUT2D eigenvalue weighted by Crippen LogP contribution is 2.35. The number of hydrogen-bond acceptors (Lipinski definition) is 7. The summed E-state index contributed by atoms with van der Waals surface area (Å²) in [6.07, 6.45) is -0.844. The molecule has 150 valence electrons. The molecule has 0 fully saturated rings. The standard InChI is InChI=1S/C18H21N3O5S2/c1-9(2)17-18(23)20-13-5-10(3)15(7-14(13)26-17)28(24,25)21-16(22)6-12-8-27-11(4)19-12/h5,7-9,17H,6H2,1-4H3,(H,20,23)(H,21,22). The van der Waals surface area contributed by atoms with Gasteiger partial charge in [-0.05, 0) is 31.4 Å². The number of nitrogens with zero attached hydrogens (tertiary/aromatic N) is 1. The second kappa shape index (κ2) is 7.51. The molecule has 10 heteroatoms. The van der Waals surface area contributed by atoms with Gasteiger partial charge in [-0.15, -0.1) is 11.3 Å². The number of amides is 2. The Hall–Kier alpha value is -2.46. The molecule has 1 aromatic heterocycles. The Kier molecular flexibility index (Phi) is 5.44. The summed E-state index contributed by atoms with van der Waals surface area (Å²) in [6.45, 7) is 7.06. The number of thiazole rings is 1. The molecule has 1 aliphatic heterocycles. The molecule has 1 atom stereocenters. The molecule has 2 aromatic rings. The maximum absolute atomic E-state index is 12.7. The zero-order valence-corrected chi connectivity index (χ0v) is 17.5. The first kappa shape index (κ1) is 20.3. The van der Waals surface area contributed by atoms with E-state index in [4.69, 9.17) is 4.74 Å². The molecular weight excluding hydrogens is 402 g/mol. The number of carbonyl (C=O) groups is 2. The van der Waals surface area contributed by atoms with Crippen molar-refractivity contribution in [2.75, 3.05) is 5.32 Å². The van der Waals surface area contributed by atoms with E-state index >= 15 is 0 Å². The van der Waals surface area contributed by atoms with Crippen molar-refractivity contribution in [2.24, 2.45) is 5.92 Å². The molecule has 28 heavy (non-hydrogen) atoms. The van der Waals surface area contributed by atoms with Crippen molar-refractivity contribution in [3.05, 3.63) is 33.8 Å². The second-order valence-corrected chi connectivity index (χ2v) is 9.66. The van der Waals surface area contributed by atoms with Crippen LogP contribution in [0.1, 0.15) is 30.1 Å². The van der Waals surface area contributed by atoms with Crippen molar-refractivity contribution in [3.63, 3.8) is 0 Å². The summed E-state index contributed by atoms with van der Waals surface area (Å²) in [5, 5.41) is 5.25. The van der Waals surface area contributed by atoms with Crippen molar-refractivity contribution in [2.45, 2.75) is 45.1 Å². The number of hydrogen-bond donors (Lipinski definition) is 2. The van der Waals surface area contributed by atoms with Crippen LogP contribution in [0.25, 0.3) is 0 Å². The predicted octanol–water partition coefficient (Wildman–Crippen LogP) is 2.16. The van der Waals surface area contributed by atoms with Crippen molar-refractivity contribution >= 4 is 38.9 Å². The summed E-state index contributed by atoms with van der Waals surface area (Å²) < 4.78 is 33.2. The van der Waals surface area contributed by atoms with Gasteiger partial charge in [0.2, 0.25) is 5.91 Å². The zero-order valence-electron chi connectivity index (χ0n) is 15.9. The average molecular weight is 424 g/mol. The van der Waals surface area contributed by atoms with Crippen molar-refractivity contribution in [3.8, 4) is 5.75 Å². The van der Waals surface area contributed by atoms with E-state index in [9.17, 15) is 18.0 Å². The number of rotatable bonds is 5. The van der Waals surface area contributed by atoms with Gasteiger partial charge in [-0.1, -0.05) is 13.8 Å². The molecule has 1 unspecified atom stereocenters. The van der Waals surface area contributed by atoms with Crippen LogP contribution in [0.3, 0.4) is 0 Å². The zero-order chi connectivity index (χ0) is 20.6. The summed E-state index contributed by atoms with van der Waals surface area (Å²) in [4.78, 5) is 28.4. The Morgan fingerprint density at radius 3 is 2.68 bits per heavy atom. The van der Waals surface area contributed by atoms with E-state index in [1.165, 1.54) is 23.5 Å². The maximum atomic E-state index is 12.7. The van der Waals surface area contributed by atoms with Crippen LogP contribution in [0.15, 0.2) is 22.4 Å². The van der Waals surface area contributed by atoms with Gasteiger partial charge in [-0.2, -0.15) is 0 Å². The van der Waals surface area contributed by atoms with Crippen LogP contribution in [0, 0.1) is 19.8 Å². The highest BCUT2D eigenvalue weighted by Gasteiger charge is 2.32. The van der Waals surface area contributed by atoms with Crippen molar-refractivity contribution in [1.82, 2.24) is 9.71 Å². The minimum atomic E-state index is -4.10. The molecular formula is C18H21N3O5S2. The largest absolute Gasteiger partial charge is 0.478 e. The fourth-order valence-electron chi connectivity index (χ4n) is 2.88. The molecule has 8 nitrogen and oxygen atoms in total. The Bertz CT molecular complexity index is 1040. The van der Waals surface area contributed by atoms with Crippen LogP contribution in [-0.4, -0.2) is 31.3 Å². The minimum absolute atomic E-state index is 0.0762. The lowest BCUT2D eigenvalue weighted by Crippen LogP contribution is -2.40. The molecule has 0 spiro atoms. The third-order valence-electron chi connectivity index (χ3n) is 4.20. The van der Waals surface area contributed by atoms with Crippen LogP contribution in [0.2, 0.25) is 0 Å². The van der Waals surface area contributed by atoms with E-state index in [2.05, 4.69) is 15.0 Å². The summed E-state index contributed by atoms with van der Waals surface area (Å²) in [5.74, 6) is -0.774. The lowest BCUT2D eigenvalue weighted by molar-refractivity contribution is -0.125. The Labute approximate surface area is 167 Å². The molecule has 0 bridgehead atoms. The molecule has 0 saturated carbocycles. The average Bonchev–Trinajstić information content (AvgIpc) is 2.97. The van der Waals surface area contributed by atoms with Crippen LogP contribution in [-0.2, 0) is 26.0 Å². The fourth-order valence-corrected chi connectivity index (χ4v) is 4.72. The van der Waals surface area contributed by atoms with Gasteiger partial charge in [0.05, 0.1) is 27.7 Å². The maximum Gasteiger partial charge on any atom is 0.265 e. The van der Waals surface area contributed by atoms with Crippen molar-refractivity contribution < 1.29 is 22.7 Å². The van der Waals surface area contributed by atoms with Gasteiger partial charge in [0.15, 0.2) is 6.10 Å². The number of fused-ring (bicyclic) bond motifs is 1. The first-order valence-corrected chi connectivity index (χ1v) is 11.0. The van der Waals surface area contributed by atoms with Gasteiger partial charge in [0.1, 0.15) is 5.75 Å². The van der Waals surface area contributed by atoms with Crippen LogP contribution in [0.4, 0.5) is 5.69 Å². The number of aryl methyl sites for hydroxylation is 2. The highest BCUT2D eigenvalue weighted by atomic mass is 32.2. The third kappa shape index (κ3) is 4.17. The van der Waals surface area contributed by atoms with Crippen LogP contribution in [0.5, 0.6) is 5.75 Å². The second-order valence-electron chi connectivity index (χ2n) is 6.95. The number of nitrogens with one attached hydrogen (secondary N) is 2. The molecule has 2 N–H and O–H groups in total. The first-order valence-electron chi connectivity index (χ1n) is 8.65. The molecule has 0 saturated heterocycles. The first-order chi connectivity index (χ1) is 13.1. The number of ether oxygens (including phenoxy) is 1. The van der Waals surface area contributed by atoms with Gasteiger partial charge in [0, 0.05) is 11.4 Å². The van der Waals surface area contributed by atoms with E-state index in [-0.39, 0.29) is 28.9 Å². The highest BCUT2D eigenvalue weighted by molar-refractivity contribution is 7.90. The summed E-state index contributed by atoms with van der Waals surface area (Å²) in [6, 6.07) is 2.86. The number of sulfonamides is 1. The Morgan fingerprint density at radius 1 is 1.36 bits per heavy atom. The summed E-state index contributed by atoms with van der Waals surface area (Å²) in [7, 11) is -4.10. The number of carbonyl (C=O) groups excluding carboxylic acids is 2. The Balaban J connectivity index is 1.85. The number of aromatic nitrogens is 1.